The summed E-state index contributed by atoms with van der Waals surface area (Å²) in [6.07, 6.45) is 1.57. The normalized spacial score (nSPS) is 11.7. The summed E-state index contributed by atoms with van der Waals surface area (Å²) in [6.45, 7) is 0.427. The average Bonchev–Trinajstić information content (AvgIpc) is 1.88. The van der Waals surface area contributed by atoms with Crippen LogP contribution >= 0.6 is 15.9 Å². The Morgan fingerprint density at radius 3 is 2.70 bits per heavy atom. The number of hydrogen-bond acceptors (Lipinski definition) is 4. The predicted molar refractivity (Wildman–Crippen MR) is 44.0 cm³/mol. The van der Waals surface area contributed by atoms with Gasteiger partial charge in [-0.3, -0.25) is 0 Å². The van der Waals surface area contributed by atoms with Crippen LogP contribution < -0.4 is 11.6 Å². The fraction of sp³-hybridized carbons (Fsp3) is 0.600. The summed E-state index contributed by atoms with van der Waals surface area (Å²) in [5.41, 5.74) is 6.05. The molecule has 0 saturated carbocycles. The number of halogens is 1. The van der Waals surface area contributed by atoms with Crippen molar-refractivity contribution in [2.45, 2.75) is 0 Å². The fourth-order valence-electron chi connectivity index (χ4n) is 0.428. The van der Waals surface area contributed by atoms with E-state index in [2.05, 4.69) is 15.9 Å². The first kappa shape index (κ1) is 9.74. The minimum absolute atomic E-state index is 0.0303. The Hall–Kier alpha value is -0.260. The highest BCUT2D eigenvalue weighted by atomic mass is 79.9. The summed E-state index contributed by atoms with van der Waals surface area (Å²) >= 11 is 3.16. The smallest absolute Gasteiger partial charge is 0.0622 e. The lowest BCUT2D eigenvalue weighted by atomic mass is 10.5. The van der Waals surface area contributed by atoms with Crippen LogP contribution in [0.3, 0.4) is 0 Å². The number of aliphatic hydroxyl groups excluding tert-OH is 1. The van der Waals surface area contributed by atoms with Crippen molar-refractivity contribution in [1.29, 1.82) is 0 Å². The summed E-state index contributed by atoms with van der Waals surface area (Å²) in [5.74, 6) is 5.36. The molecule has 0 atom stereocenters. The Bertz CT molecular complexity index is 117. The molecular formula is C5H12BrN3O. The van der Waals surface area contributed by atoms with Crippen LogP contribution in [0.25, 0.3) is 0 Å². The molecule has 0 aromatic carbocycles. The quantitative estimate of drug-likeness (QED) is 0.327. The fourth-order valence-corrected chi connectivity index (χ4v) is 0.572. The van der Waals surface area contributed by atoms with E-state index in [1.807, 2.05) is 0 Å². The maximum absolute atomic E-state index is 8.42. The molecule has 60 valence electrons. The lowest BCUT2D eigenvalue weighted by molar-refractivity contribution is 0.238. The van der Waals surface area contributed by atoms with Crippen molar-refractivity contribution < 1.29 is 5.11 Å². The Balaban J connectivity index is 3.62. The number of nitrogens with two attached hydrogens (primary N) is 2. The largest absolute Gasteiger partial charge is 0.400 e. The van der Waals surface area contributed by atoms with Crippen molar-refractivity contribution in [1.82, 2.24) is 5.01 Å². The van der Waals surface area contributed by atoms with Crippen LogP contribution in [0.5, 0.6) is 0 Å². The van der Waals surface area contributed by atoms with E-state index < -0.39 is 0 Å². The highest BCUT2D eigenvalue weighted by Crippen LogP contribution is 1.91. The molecule has 0 aromatic heterocycles. The molecule has 0 fully saturated rings. The molecule has 0 amide bonds. The number of allylic oxidation sites excluding steroid dienone is 1. The third-order valence-electron chi connectivity index (χ3n) is 0.844. The Kier molecular flexibility index (Phi) is 5.38. The van der Waals surface area contributed by atoms with Crippen LogP contribution in [0.2, 0.25) is 0 Å². The van der Waals surface area contributed by atoms with Crippen molar-refractivity contribution in [3.63, 3.8) is 0 Å². The highest BCUT2D eigenvalue weighted by Gasteiger charge is 1.91. The number of nitrogens with zero attached hydrogens (tertiary/aromatic N) is 1. The van der Waals surface area contributed by atoms with E-state index in [-0.39, 0.29) is 6.61 Å². The Labute approximate surface area is 68.6 Å². The molecule has 5 N–H and O–H groups in total. The summed E-state index contributed by atoms with van der Waals surface area (Å²) in [7, 11) is 0. The molecule has 0 aliphatic carbocycles. The molecule has 0 rings (SSSR count). The van der Waals surface area contributed by atoms with Gasteiger partial charge in [-0.1, -0.05) is 15.9 Å². The molecule has 0 spiro atoms. The third-order valence-corrected chi connectivity index (χ3v) is 1.49. The van der Waals surface area contributed by atoms with E-state index in [1.165, 1.54) is 5.01 Å². The van der Waals surface area contributed by atoms with Crippen molar-refractivity contribution >= 4 is 15.9 Å². The number of hydrogen-bond donors (Lipinski definition) is 3. The van der Waals surface area contributed by atoms with Crippen LogP contribution in [-0.4, -0.2) is 28.6 Å². The summed E-state index contributed by atoms with van der Waals surface area (Å²) in [5, 5.41) is 10.4. The number of alkyl halides is 1. The monoisotopic (exact) mass is 209 g/mol. The predicted octanol–water partition coefficient (Wildman–Crippen LogP) is -0.651. The molecular weight excluding hydrogens is 198 g/mol. The zero-order valence-electron chi connectivity index (χ0n) is 5.63. The van der Waals surface area contributed by atoms with Crippen molar-refractivity contribution in [2.24, 2.45) is 11.6 Å². The second kappa shape index (κ2) is 5.52. The van der Waals surface area contributed by atoms with E-state index in [4.69, 9.17) is 16.7 Å². The molecule has 0 aliphatic heterocycles. The first-order valence-electron chi connectivity index (χ1n) is 2.85. The van der Waals surface area contributed by atoms with Crippen LogP contribution in [0.15, 0.2) is 11.9 Å². The van der Waals surface area contributed by atoms with Crippen LogP contribution in [0.1, 0.15) is 0 Å². The maximum Gasteiger partial charge on any atom is 0.0622 e. The molecule has 0 bridgehead atoms. The van der Waals surface area contributed by atoms with Crippen molar-refractivity contribution in [3.8, 4) is 0 Å². The molecule has 5 heteroatoms. The summed E-state index contributed by atoms with van der Waals surface area (Å²) in [4.78, 5) is 0. The van der Waals surface area contributed by atoms with E-state index in [0.29, 0.717) is 17.6 Å². The highest BCUT2D eigenvalue weighted by molar-refractivity contribution is 9.09. The topological polar surface area (TPSA) is 75.5 Å². The van der Waals surface area contributed by atoms with Gasteiger partial charge in [0.25, 0.3) is 0 Å². The van der Waals surface area contributed by atoms with Gasteiger partial charge in [-0.15, -0.1) is 0 Å². The van der Waals surface area contributed by atoms with Gasteiger partial charge in [0.15, 0.2) is 0 Å². The van der Waals surface area contributed by atoms with Gasteiger partial charge in [-0.2, -0.15) is 0 Å². The standard InChI is InChI=1S/C5H12BrN3O/c6-3-5(7)4-9(8)1-2-10/h4,10H,1-3,7-8H2/b5-4-. The van der Waals surface area contributed by atoms with Gasteiger partial charge in [-0.25, -0.2) is 5.84 Å². The molecule has 0 heterocycles. The van der Waals surface area contributed by atoms with Gasteiger partial charge >= 0.3 is 0 Å². The van der Waals surface area contributed by atoms with Gasteiger partial charge in [0.05, 0.1) is 13.2 Å². The zero-order valence-corrected chi connectivity index (χ0v) is 7.21. The van der Waals surface area contributed by atoms with Gasteiger partial charge in [0.1, 0.15) is 0 Å². The third kappa shape index (κ3) is 4.60. The summed E-state index contributed by atoms with van der Waals surface area (Å²) in [6, 6.07) is 0. The zero-order chi connectivity index (χ0) is 7.98. The van der Waals surface area contributed by atoms with Crippen LogP contribution in [0.4, 0.5) is 0 Å². The summed E-state index contributed by atoms with van der Waals surface area (Å²) < 4.78 is 0. The molecule has 0 aromatic rings. The number of hydrazine groups is 1. The Morgan fingerprint density at radius 1 is 1.70 bits per heavy atom. The lowest BCUT2D eigenvalue weighted by Crippen LogP contribution is -2.29. The second-order valence-corrected chi connectivity index (χ2v) is 2.36. The van der Waals surface area contributed by atoms with Gasteiger partial charge in [0.2, 0.25) is 0 Å². The second-order valence-electron chi connectivity index (χ2n) is 1.80. The minimum atomic E-state index is 0.0303. The van der Waals surface area contributed by atoms with Gasteiger partial charge in [0, 0.05) is 17.2 Å². The van der Waals surface area contributed by atoms with Gasteiger partial charge < -0.3 is 15.8 Å². The number of aliphatic hydroxyl groups is 1. The minimum Gasteiger partial charge on any atom is -0.400 e. The van der Waals surface area contributed by atoms with E-state index in [1.54, 1.807) is 6.20 Å². The SMILES string of the molecule is N/C(=C\N(N)CCO)CBr. The van der Waals surface area contributed by atoms with E-state index >= 15 is 0 Å². The molecule has 10 heavy (non-hydrogen) atoms. The van der Waals surface area contributed by atoms with E-state index in [9.17, 15) is 0 Å². The molecule has 0 unspecified atom stereocenters. The van der Waals surface area contributed by atoms with E-state index in [0.717, 1.165) is 0 Å². The van der Waals surface area contributed by atoms with Crippen molar-refractivity contribution in [2.75, 3.05) is 18.5 Å². The molecule has 0 saturated heterocycles. The average molecular weight is 210 g/mol. The van der Waals surface area contributed by atoms with Crippen LogP contribution in [0, 0.1) is 0 Å². The van der Waals surface area contributed by atoms with Gasteiger partial charge in [-0.05, 0) is 0 Å². The molecule has 0 radical (unpaired) electrons. The molecule has 0 aliphatic rings. The van der Waals surface area contributed by atoms with Crippen LogP contribution in [-0.2, 0) is 0 Å². The maximum atomic E-state index is 8.42. The lowest BCUT2D eigenvalue weighted by Gasteiger charge is -2.11. The Morgan fingerprint density at radius 2 is 2.30 bits per heavy atom. The number of rotatable bonds is 4. The first-order valence-corrected chi connectivity index (χ1v) is 3.97. The van der Waals surface area contributed by atoms with Crippen molar-refractivity contribution in [3.05, 3.63) is 11.9 Å². The molecule has 4 nitrogen and oxygen atoms in total. The first-order chi connectivity index (χ1) is 4.70.